The van der Waals surface area contributed by atoms with Crippen molar-refractivity contribution in [3.8, 4) is 0 Å². The van der Waals surface area contributed by atoms with Crippen molar-refractivity contribution in [1.82, 2.24) is 5.32 Å². The summed E-state index contributed by atoms with van der Waals surface area (Å²) in [6, 6.07) is 11.5. The van der Waals surface area contributed by atoms with E-state index < -0.39 is 16.7 Å². The number of hydrogen-bond acceptors (Lipinski definition) is 4. The Hall–Kier alpha value is -3.48. The molecule has 2 aromatic carbocycles. The molecular weight excluding hydrogens is 346 g/mol. The Bertz CT molecular complexity index is 919. The summed E-state index contributed by atoms with van der Waals surface area (Å²) >= 11 is 0. The molecule has 7 heteroatoms. The van der Waals surface area contributed by atoms with Gasteiger partial charge < -0.3 is 10.6 Å². The lowest BCUT2D eigenvalue weighted by Crippen LogP contribution is -2.29. The summed E-state index contributed by atoms with van der Waals surface area (Å²) in [4.78, 5) is 34.7. The molecule has 140 valence electrons. The van der Waals surface area contributed by atoms with E-state index in [1.165, 1.54) is 31.2 Å². The molecule has 0 radical (unpaired) electrons. The zero-order chi connectivity index (χ0) is 20.0. The molecule has 0 bridgehead atoms. The van der Waals surface area contributed by atoms with Crippen molar-refractivity contribution in [2.45, 2.75) is 27.2 Å². The number of non-ortho nitro benzene ring substituents is 1. The van der Waals surface area contributed by atoms with Crippen molar-refractivity contribution in [3.63, 3.8) is 0 Å². The minimum absolute atomic E-state index is 0.00769. The monoisotopic (exact) mass is 367 g/mol. The van der Waals surface area contributed by atoms with E-state index in [-0.39, 0.29) is 11.4 Å². The fraction of sp³-hybridized carbons (Fsp3) is 0.200. The number of carbonyl (C=O) groups is 2. The Morgan fingerprint density at radius 1 is 1.19 bits per heavy atom. The van der Waals surface area contributed by atoms with Crippen molar-refractivity contribution in [2.75, 3.05) is 5.32 Å². The highest BCUT2D eigenvalue weighted by Gasteiger charge is 2.15. The summed E-state index contributed by atoms with van der Waals surface area (Å²) in [5.74, 6) is -0.914. The Balaban J connectivity index is 2.39. The van der Waals surface area contributed by atoms with E-state index in [2.05, 4.69) is 10.6 Å². The van der Waals surface area contributed by atoms with E-state index in [4.69, 9.17) is 0 Å². The molecule has 0 aliphatic carbocycles. The fourth-order valence-corrected chi connectivity index (χ4v) is 2.63. The van der Waals surface area contributed by atoms with E-state index in [9.17, 15) is 19.7 Å². The highest BCUT2D eigenvalue weighted by atomic mass is 16.6. The van der Waals surface area contributed by atoms with Gasteiger partial charge in [0.2, 0.25) is 5.91 Å². The van der Waals surface area contributed by atoms with Crippen molar-refractivity contribution in [1.29, 1.82) is 0 Å². The van der Waals surface area contributed by atoms with Crippen LogP contribution in [0.15, 0.2) is 48.2 Å². The number of nitrogens with zero attached hydrogens (tertiary/aromatic N) is 1. The first kappa shape index (κ1) is 19.8. The number of nitro groups is 1. The van der Waals surface area contributed by atoms with Crippen LogP contribution in [0.25, 0.3) is 6.08 Å². The van der Waals surface area contributed by atoms with Gasteiger partial charge in [-0.05, 0) is 36.1 Å². The van der Waals surface area contributed by atoms with Crippen LogP contribution in [0.5, 0.6) is 0 Å². The Labute approximate surface area is 157 Å². The highest BCUT2D eigenvalue weighted by Crippen LogP contribution is 2.22. The number of nitro benzene ring substituents is 1. The zero-order valence-electron chi connectivity index (χ0n) is 15.4. The minimum Gasteiger partial charge on any atom is -0.322 e. The zero-order valence-corrected chi connectivity index (χ0v) is 15.4. The molecule has 2 amide bonds. The molecule has 0 aliphatic rings. The van der Waals surface area contributed by atoms with Crippen molar-refractivity contribution < 1.29 is 14.5 Å². The van der Waals surface area contributed by atoms with Gasteiger partial charge in [0.1, 0.15) is 5.70 Å². The third-order valence-corrected chi connectivity index (χ3v) is 3.93. The number of rotatable bonds is 6. The van der Waals surface area contributed by atoms with Gasteiger partial charge in [0, 0.05) is 24.7 Å². The van der Waals surface area contributed by atoms with Crippen LogP contribution in [0.1, 0.15) is 30.5 Å². The molecule has 0 aromatic heterocycles. The average molecular weight is 367 g/mol. The lowest BCUT2D eigenvalue weighted by Gasteiger charge is -2.15. The number of carbonyl (C=O) groups excluding carboxylic acids is 2. The Morgan fingerprint density at radius 2 is 1.89 bits per heavy atom. The van der Waals surface area contributed by atoms with Gasteiger partial charge >= 0.3 is 0 Å². The van der Waals surface area contributed by atoms with Crippen LogP contribution in [0.2, 0.25) is 0 Å². The van der Waals surface area contributed by atoms with Gasteiger partial charge in [-0.15, -0.1) is 0 Å². The normalized spacial score (nSPS) is 11.0. The van der Waals surface area contributed by atoms with Gasteiger partial charge in [-0.25, -0.2) is 0 Å². The molecule has 0 fully saturated rings. The maximum Gasteiger partial charge on any atom is 0.272 e. The van der Waals surface area contributed by atoms with E-state index in [1.54, 1.807) is 6.07 Å². The van der Waals surface area contributed by atoms with Crippen LogP contribution >= 0.6 is 0 Å². The van der Waals surface area contributed by atoms with E-state index >= 15 is 0 Å². The molecule has 0 saturated heterocycles. The molecule has 0 aliphatic heterocycles. The molecule has 0 heterocycles. The fourth-order valence-electron chi connectivity index (χ4n) is 2.63. The van der Waals surface area contributed by atoms with Crippen molar-refractivity contribution >= 4 is 29.3 Å². The third-order valence-electron chi connectivity index (χ3n) is 3.93. The predicted octanol–water partition coefficient (Wildman–Crippen LogP) is 3.58. The maximum atomic E-state index is 12.8. The predicted molar refractivity (Wildman–Crippen MR) is 104 cm³/mol. The molecule has 0 unspecified atom stereocenters. The molecule has 2 rings (SSSR count). The van der Waals surface area contributed by atoms with Gasteiger partial charge in [0.25, 0.3) is 11.6 Å². The minimum atomic E-state index is -0.518. The number of nitrogens with one attached hydrogen (secondary N) is 2. The molecular formula is C20H21N3O4. The second kappa shape index (κ2) is 8.75. The van der Waals surface area contributed by atoms with Crippen LogP contribution in [0.3, 0.4) is 0 Å². The molecule has 2 N–H and O–H groups in total. The standard InChI is InChI=1S/C20H21N3O4/c1-4-16-9-5-7-13(2)19(16)22-20(25)18(21-14(3)24)12-15-8-6-10-17(11-15)23(26)27/h5-12H,4H2,1-3H3,(H,21,24)(H,22,25)/b18-12+. The van der Waals surface area contributed by atoms with Crippen LogP contribution < -0.4 is 10.6 Å². The summed E-state index contributed by atoms with van der Waals surface area (Å²) in [5.41, 5.74) is 2.91. The number of hydrogen-bond donors (Lipinski definition) is 2. The van der Waals surface area contributed by atoms with Crippen LogP contribution in [-0.4, -0.2) is 16.7 Å². The maximum absolute atomic E-state index is 12.8. The number of anilines is 1. The van der Waals surface area contributed by atoms with Crippen LogP contribution in [0.4, 0.5) is 11.4 Å². The number of amides is 2. The lowest BCUT2D eigenvalue weighted by atomic mass is 10.1. The van der Waals surface area contributed by atoms with E-state index in [0.717, 1.165) is 17.5 Å². The van der Waals surface area contributed by atoms with E-state index in [0.29, 0.717) is 11.3 Å². The van der Waals surface area contributed by atoms with Gasteiger partial charge in [0.05, 0.1) is 4.92 Å². The first-order valence-corrected chi connectivity index (χ1v) is 8.45. The Kier molecular flexibility index (Phi) is 6.43. The van der Waals surface area contributed by atoms with Crippen LogP contribution in [-0.2, 0) is 16.0 Å². The summed E-state index contributed by atoms with van der Waals surface area (Å²) in [5, 5.41) is 16.3. The van der Waals surface area contributed by atoms with Crippen LogP contribution in [0, 0.1) is 17.0 Å². The van der Waals surface area contributed by atoms with Gasteiger partial charge in [0.15, 0.2) is 0 Å². The average Bonchev–Trinajstić information content (AvgIpc) is 2.62. The molecule has 0 saturated carbocycles. The van der Waals surface area contributed by atoms with Crippen molar-refractivity contribution in [3.05, 3.63) is 75.0 Å². The molecule has 27 heavy (non-hydrogen) atoms. The summed E-state index contributed by atoms with van der Waals surface area (Å²) in [6.45, 7) is 5.16. The van der Waals surface area contributed by atoms with Crippen molar-refractivity contribution in [2.24, 2.45) is 0 Å². The van der Waals surface area contributed by atoms with Gasteiger partial charge in [-0.2, -0.15) is 0 Å². The summed E-state index contributed by atoms with van der Waals surface area (Å²) in [6.07, 6.45) is 2.15. The molecule has 0 atom stereocenters. The Morgan fingerprint density at radius 3 is 2.52 bits per heavy atom. The summed E-state index contributed by atoms with van der Waals surface area (Å²) < 4.78 is 0. The third kappa shape index (κ3) is 5.24. The second-order valence-electron chi connectivity index (χ2n) is 6.01. The lowest BCUT2D eigenvalue weighted by molar-refractivity contribution is -0.384. The summed E-state index contributed by atoms with van der Waals surface area (Å²) in [7, 11) is 0. The SMILES string of the molecule is CCc1cccc(C)c1NC(=O)/C(=C\c1cccc([N+](=O)[O-])c1)NC(C)=O. The van der Waals surface area contributed by atoms with Gasteiger partial charge in [-0.3, -0.25) is 19.7 Å². The second-order valence-corrected chi connectivity index (χ2v) is 6.01. The largest absolute Gasteiger partial charge is 0.322 e. The molecule has 7 nitrogen and oxygen atoms in total. The quantitative estimate of drug-likeness (QED) is 0.463. The molecule has 2 aromatic rings. The highest BCUT2D eigenvalue weighted by molar-refractivity contribution is 6.09. The van der Waals surface area contributed by atoms with E-state index in [1.807, 2.05) is 32.0 Å². The smallest absolute Gasteiger partial charge is 0.272 e. The number of para-hydroxylation sites is 1. The number of benzene rings is 2. The number of aryl methyl sites for hydroxylation is 2. The first-order valence-electron chi connectivity index (χ1n) is 8.45. The molecule has 0 spiro atoms. The topological polar surface area (TPSA) is 101 Å². The first-order chi connectivity index (χ1) is 12.8. The van der Waals surface area contributed by atoms with Gasteiger partial charge in [-0.1, -0.05) is 37.3 Å².